The predicted molar refractivity (Wildman–Crippen MR) is 73.9 cm³/mol. The molecule has 2 heterocycles. The first-order valence-corrected chi connectivity index (χ1v) is 7.32. The number of halogens is 1. The van der Waals surface area contributed by atoms with E-state index in [1.807, 2.05) is 6.07 Å². The van der Waals surface area contributed by atoms with Crippen LogP contribution in [0.3, 0.4) is 0 Å². The highest BCUT2D eigenvalue weighted by molar-refractivity contribution is 7.16. The van der Waals surface area contributed by atoms with Crippen LogP contribution in [0.15, 0.2) is 12.1 Å². The molecule has 0 amide bonds. The number of hydrogen-bond acceptors (Lipinski definition) is 3. The number of hydrogen-bond donors (Lipinski definition) is 1. The van der Waals surface area contributed by atoms with E-state index in [0.717, 1.165) is 23.8 Å². The van der Waals surface area contributed by atoms with Crippen molar-refractivity contribution in [1.29, 1.82) is 0 Å². The Balaban J connectivity index is 2.06. The minimum atomic E-state index is -0.0620. The molecule has 17 heavy (non-hydrogen) atoms. The van der Waals surface area contributed by atoms with Crippen molar-refractivity contribution in [3.05, 3.63) is 21.3 Å². The minimum absolute atomic E-state index is 0.0620. The van der Waals surface area contributed by atoms with E-state index < -0.39 is 0 Å². The Labute approximate surface area is 112 Å². The van der Waals surface area contributed by atoms with Gasteiger partial charge >= 0.3 is 0 Å². The Bertz CT molecular complexity index is 379. The summed E-state index contributed by atoms with van der Waals surface area (Å²) in [6.45, 7) is 8.48. The van der Waals surface area contributed by atoms with Gasteiger partial charge in [0, 0.05) is 18.0 Å². The summed E-state index contributed by atoms with van der Waals surface area (Å²) in [6.07, 6.45) is 1.22. The average molecular weight is 274 g/mol. The monoisotopic (exact) mass is 273 g/mol. The number of nitrogens with one attached hydrogen (secondary N) is 1. The molecule has 1 N–H and O–H groups in total. The zero-order valence-corrected chi connectivity index (χ0v) is 12.2. The van der Waals surface area contributed by atoms with Crippen LogP contribution >= 0.6 is 22.9 Å². The number of rotatable bonds is 3. The van der Waals surface area contributed by atoms with Crippen LogP contribution in [0.4, 0.5) is 0 Å². The zero-order chi connectivity index (χ0) is 12.5. The Morgan fingerprint density at radius 2 is 2.35 bits per heavy atom. The topological polar surface area (TPSA) is 21.3 Å². The summed E-state index contributed by atoms with van der Waals surface area (Å²) in [5.41, 5.74) is -0.0620. The van der Waals surface area contributed by atoms with Crippen molar-refractivity contribution in [2.75, 3.05) is 13.1 Å². The fourth-order valence-electron chi connectivity index (χ4n) is 2.54. The van der Waals surface area contributed by atoms with Crippen LogP contribution in [0.1, 0.15) is 38.2 Å². The van der Waals surface area contributed by atoms with E-state index in [9.17, 15) is 0 Å². The lowest BCUT2D eigenvalue weighted by atomic mass is 9.92. The SMILES string of the molecule is CC(C)CC1(C)CNCC(c2ccc(Cl)s2)O1. The molecule has 0 spiro atoms. The Hall–Kier alpha value is -0.0900. The maximum absolute atomic E-state index is 6.27. The van der Waals surface area contributed by atoms with Gasteiger partial charge in [0.05, 0.1) is 9.94 Å². The summed E-state index contributed by atoms with van der Waals surface area (Å²) in [5, 5.41) is 3.48. The van der Waals surface area contributed by atoms with Gasteiger partial charge in [-0.1, -0.05) is 25.4 Å². The van der Waals surface area contributed by atoms with Crippen molar-refractivity contribution < 1.29 is 4.74 Å². The molecule has 1 aromatic heterocycles. The first-order valence-electron chi connectivity index (χ1n) is 6.12. The molecule has 4 heteroatoms. The van der Waals surface area contributed by atoms with Crippen molar-refractivity contribution >= 4 is 22.9 Å². The van der Waals surface area contributed by atoms with Crippen LogP contribution in [0.2, 0.25) is 4.34 Å². The van der Waals surface area contributed by atoms with Crippen LogP contribution in [0.5, 0.6) is 0 Å². The molecule has 0 radical (unpaired) electrons. The second-order valence-corrected chi connectivity index (χ2v) is 7.17. The van der Waals surface area contributed by atoms with Gasteiger partial charge in [0.25, 0.3) is 0 Å². The highest BCUT2D eigenvalue weighted by Gasteiger charge is 2.34. The highest BCUT2D eigenvalue weighted by Crippen LogP contribution is 2.35. The molecule has 2 atom stereocenters. The first-order chi connectivity index (χ1) is 7.98. The van der Waals surface area contributed by atoms with Crippen LogP contribution in [-0.4, -0.2) is 18.7 Å². The van der Waals surface area contributed by atoms with Gasteiger partial charge in [0.15, 0.2) is 0 Å². The lowest BCUT2D eigenvalue weighted by Crippen LogP contribution is -2.49. The molecule has 1 aliphatic rings. The van der Waals surface area contributed by atoms with E-state index in [1.165, 1.54) is 4.88 Å². The molecule has 2 unspecified atom stereocenters. The largest absolute Gasteiger partial charge is 0.364 e. The molecule has 0 aromatic carbocycles. The molecule has 2 rings (SSSR count). The molecule has 1 aliphatic heterocycles. The number of morpholine rings is 1. The molecule has 1 fully saturated rings. The predicted octanol–water partition coefficient (Wildman–Crippen LogP) is 3.87. The first kappa shape index (κ1) is 13.3. The summed E-state index contributed by atoms with van der Waals surface area (Å²) >= 11 is 7.59. The maximum atomic E-state index is 6.27. The molecule has 1 aromatic rings. The third-order valence-electron chi connectivity index (χ3n) is 3.01. The van der Waals surface area contributed by atoms with Crippen LogP contribution in [-0.2, 0) is 4.74 Å². The van der Waals surface area contributed by atoms with Crippen molar-refractivity contribution in [1.82, 2.24) is 5.32 Å². The van der Waals surface area contributed by atoms with E-state index in [1.54, 1.807) is 11.3 Å². The van der Waals surface area contributed by atoms with E-state index >= 15 is 0 Å². The van der Waals surface area contributed by atoms with Gasteiger partial charge in [0.2, 0.25) is 0 Å². The van der Waals surface area contributed by atoms with Crippen molar-refractivity contribution in [2.45, 2.75) is 38.9 Å². The summed E-state index contributed by atoms with van der Waals surface area (Å²) in [4.78, 5) is 1.22. The van der Waals surface area contributed by atoms with Crippen LogP contribution in [0.25, 0.3) is 0 Å². The second kappa shape index (κ2) is 5.27. The van der Waals surface area contributed by atoms with E-state index in [0.29, 0.717) is 5.92 Å². The molecule has 0 saturated carbocycles. The summed E-state index contributed by atoms with van der Waals surface area (Å²) in [7, 11) is 0. The smallest absolute Gasteiger partial charge is 0.105 e. The molecular weight excluding hydrogens is 254 g/mol. The summed E-state index contributed by atoms with van der Waals surface area (Å²) in [5.74, 6) is 0.646. The van der Waals surface area contributed by atoms with Crippen molar-refractivity contribution in [2.24, 2.45) is 5.92 Å². The Morgan fingerprint density at radius 3 is 2.94 bits per heavy atom. The summed E-state index contributed by atoms with van der Waals surface area (Å²) < 4.78 is 7.11. The summed E-state index contributed by atoms with van der Waals surface area (Å²) in [6, 6.07) is 4.01. The molecule has 0 aliphatic carbocycles. The van der Waals surface area contributed by atoms with Crippen LogP contribution in [0, 0.1) is 5.92 Å². The minimum Gasteiger partial charge on any atom is -0.364 e. The van der Waals surface area contributed by atoms with E-state index in [-0.39, 0.29) is 11.7 Å². The molecule has 1 saturated heterocycles. The molecular formula is C13H20ClNOS. The van der Waals surface area contributed by atoms with E-state index in [2.05, 4.69) is 32.2 Å². The van der Waals surface area contributed by atoms with Gasteiger partial charge in [-0.25, -0.2) is 0 Å². The van der Waals surface area contributed by atoms with Gasteiger partial charge in [-0.3, -0.25) is 0 Å². The van der Waals surface area contributed by atoms with Gasteiger partial charge in [-0.05, 0) is 31.4 Å². The zero-order valence-electron chi connectivity index (χ0n) is 10.6. The van der Waals surface area contributed by atoms with Gasteiger partial charge < -0.3 is 10.1 Å². The Kier molecular flexibility index (Phi) is 4.14. The lowest BCUT2D eigenvalue weighted by Gasteiger charge is -2.40. The number of ether oxygens (including phenoxy) is 1. The highest BCUT2D eigenvalue weighted by atomic mass is 35.5. The maximum Gasteiger partial charge on any atom is 0.105 e. The molecule has 2 nitrogen and oxygen atoms in total. The van der Waals surface area contributed by atoms with Crippen molar-refractivity contribution in [3.8, 4) is 0 Å². The molecule has 0 bridgehead atoms. The van der Waals surface area contributed by atoms with Crippen molar-refractivity contribution in [3.63, 3.8) is 0 Å². The fourth-order valence-corrected chi connectivity index (χ4v) is 3.63. The normalized spacial score (nSPS) is 29.8. The van der Waals surface area contributed by atoms with Gasteiger partial charge in [-0.15, -0.1) is 11.3 Å². The third kappa shape index (κ3) is 3.44. The second-order valence-electron chi connectivity index (χ2n) is 5.43. The third-order valence-corrected chi connectivity index (χ3v) is 4.33. The van der Waals surface area contributed by atoms with E-state index in [4.69, 9.17) is 16.3 Å². The lowest BCUT2D eigenvalue weighted by molar-refractivity contribution is -0.115. The van der Waals surface area contributed by atoms with Gasteiger partial charge in [-0.2, -0.15) is 0 Å². The standard InChI is InChI=1S/C13H20ClNOS/c1-9(2)6-13(3)8-15-7-10(16-13)11-4-5-12(14)17-11/h4-5,9-10,15H,6-8H2,1-3H3. The van der Waals surface area contributed by atoms with Crippen LogP contribution < -0.4 is 5.32 Å². The quantitative estimate of drug-likeness (QED) is 0.903. The van der Waals surface area contributed by atoms with Gasteiger partial charge in [0.1, 0.15) is 6.10 Å². The number of thiophene rings is 1. The average Bonchev–Trinajstić information content (AvgIpc) is 2.63. The Morgan fingerprint density at radius 1 is 1.59 bits per heavy atom. The molecule has 96 valence electrons. The fraction of sp³-hybridized carbons (Fsp3) is 0.692.